The van der Waals surface area contributed by atoms with Crippen molar-refractivity contribution in [1.82, 2.24) is 25.3 Å². The zero-order valence-electron chi connectivity index (χ0n) is 11.2. The molecular formula is C12H15ClN6OS. The van der Waals surface area contributed by atoms with Gasteiger partial charge in [-0.15, -0.1) is 11.8 Å². The lowest BCUT2D eigenvalue weighted by atomic mass is 10.2. The van der Waals surface area contributed by atoms with Crippen molar-refractivity contribution in [2.24, 2.45) is 0 Å². The maximum Gasteiger partial charge on any atom is 0.236 e. The minimum absolute atomic E-state index is 0.121. The highest BCUT2D eigenvalue weighted by Crippen LogP contribution is 2.21. The summed E-state index contributed by atoms with van der Waals surface area (Å²) in [5.74, 6) is 0.463. The van der Waals surface area contributed by atoms with E-state index in [1.807, 2.05) is 0 Å². The number of anilines is 1. The number of aromatic nitrogens is 4. The van der Waals surface area contributed by atoms with Crippen LogP contribution in [0.1, 0.15) is 12.8 Å². The molecule has 2 aromatic heterocycles. The third-order valence-corrected chi connectivity index (χ3v) is 4.87. The molecule has 3 N–H and O–H groups in total. The number of piperidine rings is 1. The van der Waals surface area contributed by atoms with E-state index in [-0.39, 0.29) is 17.0 Å². The molecule has 1 aliphatic heterocycles. The zero-order chi connectivity index (χ0) is 14.7. The Kier molecular flexibility index (Phi) is 4.57. The highest BCUT2D eigenvalue weighted by Gasteiger charge is 2.16. The quantitative estimate of drug-likeness (QED) is 0.736. The Hall–Kier alpha value is -1.38. The number of nitrogens with zero attached hydrogens (tertiary/aromatic N) is 3. The zero-order valence-corrected chi connectivity index (χ0v) is 12.8. The van der Waals surface area contributed by atoms with Gasteiger partial charge in [-0.1, -0.05) is 11.6 Å². The molecule has 0 bridgehead atoms. The van der Waals surface area contributed by atoms with E-state index in [2.05, 4.69) is 30.6 Å². The topological polar surface area (TPSA) is 95.6 Å². The standard InChI is InChI=1S/C12H15ClN6OS/c13-10-9-11(16-6-15-9)19-12(18-10)17-8(20)5-21-7-1-3-14-4-2-7/h6-7,14H,1-5H2,(H2,15,16,17,18,19,20). The first-order chi connectivity index (χ1) is 10.2. The third-order valence-electron chi connectivity index (χ3n) is 3.23. The molecule has 2 aromatic rings. The Morgan fingerprint density at radius 2 is 2.24 bits per heavy atom. The molecule has 0 atom stereocenters. The second kappa shape index (κ2) is 6.59. The van der Waals surface area contributed by atoms with Gasteiger partial charge in [-0.3, -0.25) is 10.1 Å². The normalized spacial score (nSPS) is 16.2. The van der Waals surface area contributed by atoms with Crippen LogP contribution in [0.3, 0.4) is 0 Å². The summed E-state index contributed by atoms with van der Waals surface area (Å²) in [6, 6.07) is 0. The summed E-state index contributed by atoms with van der Waals surface area (Å²) < 4.78 is 0. The molecule has 1 aliphatic rings. The number of rotatable bonds is 4. The highest BCUT2D eigenvalue weighted by molar-refractivity contribution is 8.00. The highest BCUT2D eigenvalue weighted by atomic mass is 35.5. The minimum Gasteiger partial charge on any atom is -0.341 e. The number of halogens is 1. The van der Waals surface area contributed by atoms with Crippen LogP contribution >= 0.6 is 23.4 Å². The predicted molar refractivity (Wildman–Crippen MR) is 83.7 cm³/mol. The van der Waals surface area contributed by atoms with Gasteiger partial charge >= 0.3 is 0 Å². The molecule has 0 radical (unpaired) electrons. The summed E-state index contributed by atoms with van der Waals surface area (Å²) in [6.45, 7) is 2.04. The Morgan fingerprint density at radius 1 is 1.43 bits per heavy atom. The van der Waals surface area contributed by atoms with Gasteiger partial charge < -0.3 is 10.3 Å². The van der Waals surface area contributed by atoms with Gasteiger partial charge in [0.2, 0.25) is 11.9 Å². The first kappa shape index (κ1) is 14.6. The van der Waals surface area contributed by atoms with Gasteiger partial charge in [0.25, 0.3) is 0 Å². The van der Waals surface area contributed by atoms with Gasteiger partial charge in [0, 0.05) is 5.25 Å². The molecule has 21 heavy (non-hydrogen) atoms. The van der Waals surface area contributed by atoms with Crippen molar-refractivity contribution in [3.8, 4) is 0 Å². The average Bonchev–Trinajstić information content (AvgIpc) is 2.95. The summed E-state index contributed by atoms with van der Waals surface area (Å²) in [5, 5.41) is 6.76. The van der Waals surface area contributed by atoms with Crippen molar-refractivity contribution >= 4 is 46.4 Å². The molecule has 0 spiro atoms. The van der Waals surface area contributed by atoms with Crippen molar-refractivity contribution in [3.63, 3.8) is 0 Å². The van der Waals surface area contributed by atoms with E-state index >= 15 is 0 Å². The number of aromatic amines is 1. The summed E-state index contributed by atoms with van der Waals surface area (Å²) in [6.07, 6.45) is 3.68. The molecule has 0 aromatic carbocycles. The lowest BCUT2D eigenvalue weighted by molar-refractivity contribution is -0.113. The van der Waals surface area contributed by atoms with Crippen molar-refractivity contribution in [2.45, 2.75) is 18.1 Å². The number of hydrogen-bond donors (Lipinski definition) is 3. The maximum atomic E-state index is 11.9. The largest absolute Gasteiger partial charge is 0.341 e. The van der Waals surface area contributed by atoms with E-state index in [0.29, 0.717) is 22.2 Å². The van der Waals surface area contributed by atoms with E-state index in [1.54, 1.807) is 11.8 Å². The fourth-order valence-electron chi connectivity index (χ4n) is 2.17. The number of fused-ring (bicyclic) bond motifs is 1. The van der Waals surface area contributed by atoms with Crippen LogP contribution in [0, 0.1) is 0 Å². The monoisotopic (exact) mass is 326 g/mol. The summed E-state index contributed by atoms with van der Waals surface area (Å²) in [7, 11) is 0. The average molecular weight is 327 g/mol. The summed E-state index contributed by atoms with van der Waals surface area (Å²) in [5.41, 5.74) is 1.01. The van der Waals surface area contributed by atoms with Gasteiger partial charge in [0.15, 0.2) is 10.8 Å². The lowest BCUT2D eigenvalue weighted by Gasteiger charge is -2.21. The molecular weight excluding hydrogens is 312 g/mol. The molecule has 3 rings (SSSR count). The third kappa shape index (κ3) is 3.63. The van der Waals surface area contributed by atoms with Crippen LogP contribution in [0.4, 0.5) is 5.95 Å². The van der Waals surface area contributed by atoms with Crippen LogP contribution in [-0.2, 0) is 4.79 Å². The number of H-pyrrole nitrogens is 1. The fraction of sp³-hybridized carbons (Fsp3) is 0.500. The van der Waals surface area contributed by atoms with E-state index in [4.69, 9.17) is 11.6 Å². The molecule has 112 valence electrons. The minimum atomic E-state index is -0.121. The van der Waals surface area contributed by atoms with E-state index in [0.717, 1.165) is 25.9 Å². The predicted octanol–water partition coefficient (Wildman–Crippen LogP) is 1.43. The maximum absolute atomic E-state index is 11.9. The lowest BCUT2D eigenvalue weighted by Crippen LogP contribution is -2.30. The van der Waals surface area contributed by atoms with Crippen LogP contribution in [-0.4, -0.2) is 49.9 Å². The van der Waals surface area contributed by atoms with Gasteiger partial charge in [0.1, 0.15) is 5.52 Å². The smallest absolute Gasteiger partial charge is 0.236 e. The fourth-order valence-corrected chi connectivity index (χ4v) is 3.42. The van der Waals surface area contributed by atoms with Crippen molar-refractivity contribution in [1.29, 1.82) is 0 Å². The van der Waals surface area contributed by atoms with E-state index in [9.17, 15) is 4.79 Å². The van der Waals surface area contributed by atoms with Crippen molar-refractivity contribution < 1.29 is 4.79 Å². The molecule has 1 saturated heterocycles. The number of amides is 1. The van der Waals surface area contributed by atoms with Crippen LogP contribution in [0.25, 0.3) is 11.2 Å². The molecule has 0 unspecified atom stereocenters. The Bertz CT molecular complexity index is 642. The number of carbonyl (C=O) groups is 1. The van der Waals surface area contributed by atoms with Gasteiger partial charge in [0.05, 0.1) is 12.1 Å². The Labute approximate surface area is 130 Å². The van der Waals surface area contributed by atoms with Gasteiger partial charge in [-0.25, -0.2) is 4.98 Å². The van der Waals surface area contributed by atoms with Crippen LogP contribution < -0.4 is 10.6 Å². The van der Waals surface area contributed by atoms with Crippen LogP contribution in [0.5, 0.6) is 0 Å². The summed E-state index contributed by atoms with van der Waals surface area (Å²) in [4.78, 5) is 27.0. The number of hydrogen-bond acceptors (Lipinski definition) is 6. The first-order valence-electron chi connectivity index (χ1n) is 6.71. The van der Waals surface area contributed by atoms with Crippen molar-refractivity contribution in [3.05, 3.63) is 11.5 Å². The molecule has 7 nitrogen and oxygen atoms in total. The second-order valence-electron chi connectivity index (χ2n) is 4.75. The molecule has 9 heteroatoms. The number of carbonyl (C=O) groups excluding carboxylic acids is 1. The second-order valence-corrected chi connectivity index (χ2v) is 6.39. The number of thioether (sulfide) groups is 1. The van der Waals surface area contributed by atoms with E-state index in [1.165, 1.54) is 6.33 Å². The SMILES string of the molecule is O=C(CSC1CCNCC1)Nc1nc(Cl)c2[nH]cnc2n1. The molecule has 0 saturated carbocycles. The Morgan fingerprint density at radius 3 is 3.05 bits per heavy atom. The molecule has 1 fully saturated rings. The van der Waals surface area contributed by atoms with Crippen LogP contribution in [0.2, 0.25) is 5.15 Å². The first-order valence-corrected chi connectivity index (χ1v) is 8.14. The van der Waals surface area contributed by atoms with Gasteiger partial charge in [-0.2, -0.15) is 9.97 Å². The summed E-state index contributed by atoms with van der Waals surface area (Å²) >= 11 is 7.67. The molecule has 3 heterocycles. The van der Waals surface area contributed by atoms with E-state index < -0.39 is 0 Å². The van der Waals surface area contributed by atoms with Crippen LogP contribution in [0.15, 0.2) is 6.33 Å². The Balaban J connectivity index is 1.57. The molecule has 0 aliphatic carbocycles. The van der Waals surface area contributed by atoms with Crippen molar-refractivity contribution in [2.75, 3.05) is 24.2 Å². The molecule has 1 amide bonds. The van der Waals surface area contributed by atoms with Gasteiger partial charge in [-0.05, 0) is 25.9 Å². The number of imidazole rings is 1. The number of nitrogens with one attached hydrogen (secondary N) is 3.